The smallest absolute Gasteiger partial charge is 0.166 e. The molecule has 0 spiro atoms. The summed E-state index contributed by atoms with van der Waals surface area (Å²) >= 11 is 3.18. The van der Waals surface area contributed by atoms with Crippen LogP contribution >= 0.6 is 15.9 Å². The van der Waals surface area contributed by atoms with Gasteiger partial charge in [-0.05, 0) is 22.0 Å². The molecule has 1 aromatic heterocycles. The fourth-order valence-electron chi connectivity index (χ4n) is 1.44. The molecule has 0 bridgehead atoms. The first kappa shape index (κ1) is 13.5. The van der Waals surface area contributed by atoms with E-state index in [0.29, 0.717) is 23.4 Å². The topological polar surface area (TPSA) is 37.7 Å². The third-order valence-electron chi connectivity index (χ3n) is 2.28. The monoisotopic (exact) mass is 309 g/mol. The van der Waals surface area contributed by atoms with Crippen molar-refractivity contribution in [2.75, 3.05) is 18.0 Å². The molecule has 0 atom stereocenters. The summed E-state index contributed by atoms with van der Waals surface area (Å²) in [5, 5.41) is 3.74. The van der Waals surface area contributed by atoms with Crippen LogP contribution in [0, 0.1) is 5.82 Å². The summed E-state index contributed by atoms with van der Waals surface area (Å²) in [7, 11) is 5.80. The lowest BCUT2D eigenvalue weighted by atomic mass is 9.52. The molecule has 0 unspecified atom stereocenters. The van der Waals surface area contributed by atoms with Crippen LogP contribution < -0.4 is 4.90 Å². The van der Waals surface area contributed by atoms with Gasteiger partial charge in [-0.3, -0.25) is 0 Å². The molecule has 92 valence electrons. The van der Waals surface area contributed by atoms with Crippen molar-refractivity contribution in [3.05, 3.63) is 22.6 Å². The highest BCUT2D eigenvalue weighted by atomic mass is 79.9. The second kappa shape index (κ2) is 4.95. The molecule has 2 rings (SSSR count). The molecular formula is C9H12B3BrFN3O. The number of pyridine rings is 1. The Morgan fingerprint density at radius 3 is 2.67 bits per heavy atom. The molecule has 18 heavy (non-hydrogen) atoms. The van der Waals surface area contributed by atoms with Gasteiger partial charge < -0.3 is 9.74 Å². The summed E-state index contributed by atoms with van der Waals surface area (Å²) in [6.45, 7) is 1.11. The van der Waals surface area contributed by atoms with Gasteiger partial charge in [0, 0.05) is 16.0 Å². The average molecular weight is 310 g/mol. The highest BCUT2D eigenvalue weighted by Crippen LogP contribution is 2.23. The van der Waals surface area contributed by atoms with Crippen molar-refractivity contribution in [1.29, 1.82) is 0 Å². The van der Waals surface area contributed by atoms with Gasteiger partial charge in [0.15, 0.2) is 11.6 Å². The highest BCUT2D eigenvalue weighted by Gasteiger charge is 2.27. The van der Waals surface area contributed by atoms with Crippen LogP contribution in [0.5, 0.6) is 0 Å². The van der Waals surface area contributed by atoms with E-state index < -0.39 is 0 Å². The Bertz CT molecular complexity index is 486. The van der Waals surface area contributed by atoms with E-state index in [1.165, 1.54) is 6.07 Å². The quantitative estimate of drug-likeness (QED) is 0.514. The molecule has 0 radical (unpaired) electrons. The molecule has 0 aliphatic carbocycles. The summed E-state index contributed by atoms with van der Waals surface area (Å²) < 4.78 is 14.3. The zero-order valence-electron chi connectivity index (χ0n) is 10.6. The fourth-order valence-corrected chi connectivity index (χ4v) is 1.75. The predicted octanol–water partition coefficient (Wildman–Crippen LogP) is -1.31. The number of anilines is 1. The molecule has 4 nitrogen and oxygen atoms in total. The molecule has 0 saturated carbocycles. The van der Waals surface area contributed by atoms with E-state index >= 15 is 0 Å². The molecule has 1 aliphatic rings. The predicted molar refractivity (Wildman–Crippen MR) is 81.0 cm³/mol. The third kappa shape index (κ3) is 3.28. The van der Waals surface area contributed by atoms with Crippen LogP contribution in [-0.2, 0) is 4.84 Å². The maximum absolute atomic E-state index is 13.6. The lowest BCUT2D eigenvalue weighted by molar-refractivity contribution is 0.137. The minimum absolute atomic E-state index is 0.297. The third-order valence-corrected chi connectivity index (χ3v) is 2.72. The second-order valence-corrected chi connectivity index (χ2v) is 6.09. The lowest BCUT2D eigenvalue weighted by Crippen LogP contribution is -2.49. The van der Waals surface area contributed by atoms with Gasteiger partial charge in [-0.1, -0.05) is 5.16 Å². The van der Waals surface area contributed by atoms with Gasteiger partial charge >= 0.3 is 0 Å². The van der Waals surface area contributed by atoms with Gasteiger partial charge in [0.1, 0.15) is 23.5 Å². The molecular weight excluding hydrogens is 297 g/mol. The summed E-state index contributed by atoms with van der Waals surface area (Å²) in [5.74, 6) is 0.0214. The molecule has 0 N–H and O–H groups in total. The van der Waals surface area contributed by atoms with E-state index in [4.69, 9.17) is 4.84 Å². The van der Waals surface area contributed by atoms with E-state index in [1.807, 2.05) is 28.4 Å². The highest BCUT2D eigenvalue weighted by molar-refractivity contribution is 9.10. The average Bonchev–Trinajstić information content (AvgIpc) is 2.16. The van der Waals surface area contributed by atoms with Crippen molar-refractivity contribution in [3.8, 4) is 0 Å². The Morgan fingerprint density at radius 2 is 2.11 bits per heavy atom. The van der Waals surface area contributed by atoms with Crippen LogP contribution in [0.2, 0.25) is 0 Å². The summed E-state index contributed by atoms with van der Waals surface area (Å²) in [6, 6.07) is 1.41. The van der Waals surface area contributed by atoms with Crippen LogP contribution in [-0.4, -0.2) is 52.6 Å². The van der Waals surface area contributed by atoms with Gasteiger partial charge in [0.2, 0.25) is 0 Å². The van der Waals surface area contributed by atoms with Gasteiger partial charge in [0.25, 0.3) is 0 Å². The van der Waals surface area contributed by atoms with Crippen molar-refractivity contribution in [3.63, 3.8) is 0 Å². The Hall–Kier alpha value is -0.975. The van der Waals surface area contributed by atoms with Crippen molar-refractivity contribution >= 4 is 51.0 Å². The number of halogens is 2. The van der Waals surface area contributed by atoms with Crippen molar-refractivity contribution in [1.82, 2.24) is 4.98 Å². The fraction of sp³-hybridized carbons (Fsp3) is 0.333. The van der Waals surface area contributed by atoms with E-state index in [9.17, 15) is 4.39 Å². The Morgan fingerprint density at radius 1 is 1.44 bits per heavy atom. The Kier molecular flexibility index (Phi) is 3.70. The van der Waals surface area contributed by atoms with Gasteiger partial charge in [-0.15, -0.1) is 0 Å². The van der Waals surface area contributed by atoms with Crippen LogP contribution in [0.1, 0.15) is 0 Å². The largest absolute Gasteiger partial charge is 0.417 e. The molecule has 1 aromatic rings. The molecule has 0 aromatic carbocycles. The Balaban J connectivity index is 1.96. The first-order valence-corrected chi connectivity index (χ1v) is 6.44. The number of rotatable bonds is 3. The summed E-state index contributed by atoms with van der Waals surface area (Å²) in [6.07, 6.45) is 1.58. The Labute approximate surface area is 116 Å². The number of hydrogen-bond acceptors (Lipinski definition) is 4. The molecule has 2 heterocycles. The molecule has 1 saturated heterocycles. The molecule has 9 heteroatoms. The standard InChI is InChI=1S/C9H12B3BrFN3O/c10-9(11,12)18-16-6-3-17(4-6)8-7(14)1-5(13)2-15-8/h1-2H,3-4,10-12H2. The number of hydrogen-bond donors (Lipinski definition) is 0. The molecule has 1 fully saturated rings. The minimum atomic E-state index is -0.333. The van der Waals surface area contributed by atoms with Crippen molar-refractivity contribution in [2.45, 2.75) is 5.30 Å². The summed E-state index contributed by atoms with van der Waals surface area (Å²) in [5.41, 5.74) is 0.897. The zero-order valence-corrected chi connectivity index (χ0v) is 12.2. The van der Waals surface area contributed by atoms with E-state index in [0.717, 1.165) is 5.71 Å². The first-order valence-electron chi connectivity index (χ1n) is 5.65. The van der Waals surface area contributed by atoms with Crippen LogP contribution in [0.4, 0.5) is 10.2 Å². The molecule has 1 aliphatic heterocycles. The van der Waals surface area contributed by atoms with Crippen LogP contribution in [0.3, 0.4) is 0 Å². The number of nitrogens with zero attached hydrogens (tertiary/aromatic N) is 3. The molecule has 0 amide bonds. The lowest BCUT2D eigenvalue weighted by Gasteiger charge is -2.33. The summed E-state index contributed by atoms with van der Waals surface area (Å²) in [4.78, 5) is 11.2. The number of oxime groups is 1. The second-order valence-electron chi connectivity index (χ2n) is 5.18. The maximum atomic E-state index is 13.6. The number of aromatic nitrogens is 1. The van der Waals surface area contributed by atoms with E-state index in [1.54, 1.807) is 6.20 Å². The zero-order chi connectivity index (χ0) is 13.3. The maximum Gasteiger partial charge on any atom is 0.166 e. The van der Waals surface area contributed by atoms with Gasteiger partial charge in [-0.2, -0.15) is 0 Å². The normalized spacial score (nSPS) is 15.2. The SMILES string of the molecule is BC(B)(B)ON=C1CN(c2ncc(Br)cc2F)C1. The van der Waals surface area contributed by atoms with E-state index in [2.05, 4.69) is 26.1 Å². The van der Waals surface area contributed by atoms with Crippen LogP contribution in [0.15, 0.2) is 21.9 Å². The van der Waals surface area contributed by atoms with Crippen molar-refractivity contribution in [2.24, 2.45) is 5.16 Å². The van der Waals surface area contributed by atoms with Crippen LogP contribution in [0.25, 0.3) is 0 Å². The van der Waals surface area contributed by atoms with Gasteiger partial charge in [-0.25, -0.2) is 9.37 Å². The first-order chi connectivity index (χ1) is 8.35. The van der Waals surface area contributed by atoms with Crippen molar-refractivity contribution < 1.29 is 9.23 Å². The van der Waals surface area contributed by atoms with E-state index in [-0.39, 0.29) is 11.1 Å². The minimum Gasteiger partial charge on any atom is -0.417 e. The van der Waals surface area contributed by atoms with Gasteiger partial charge in [0.05, 0.1) is 18.8 Å².